The molecule has 0 saturated carbocycles. The SMILES string of the molecule is C[C@H](Oc1cc(-c2cnc(N3CCNCC3)nc2)cnc1N)c1c(Cl)ccc(F)c1Cl. The van der Waals surface area contributed by atoms with Crippen LogP contribution in [0.5, 0.6) is 5.75 Å². The lowest BCUT2D eigenvalue weighted by Crippen LogP contribution is -2.44. The van der Waals surface area contributed by atoms with Crippen LogP contribution in [0.15, 0.2) is 36.8 Å². The second kappa shape index (κ2) is 9.21. The smallest absolute Gasteiger partial charge is 0.225 e. The quantitative estimate of drug-likeness (QED) is 0.551. The summed E-state index contributed by atoms with van der Waals surface area (Å²) in [6.07, 6.45) is 4.45. The molecule has 0 radical (unpaired) electrons. The number of rotatable bonds is 5. The lowest BCUT2D eigenvalue weighted by molar-refractivity contribution is 0.227. The van der Waals surface area contributed by atoms with E-state index in [9.17, 15) is 4.39 Å². The molecule has 1 saturated heterocycles. The Labute approximate surface area is 189 Å². The van der Waals surface area contributed by atoms with E-state index in [0.29, 0.717) is 22.3 Å². The van der Waals surface area contributed by atoms with Gasteiger partial charge in [0.25, 0.3) is 0 Å². The monoisotopic (exact) mass is 462 g/mol. The summed E-state index contributed by atoms with van der Waals surface area (Å²) in [4.78, 5) is 15.3. The summed E-state index contributed by atoms with van der Waals surface area (Å²) >= 11 is 12.3. The highest BCUT2D eigenvalue weighted by Gasteiger charge is 2.20. The molecule has 1 atom stereocenters. The van der Waals surface area contributed by atoms with E-state index < -0.39 is 11.9 Å². The molecule has 0 unspecified atom stereocenters. The van der Waals surface area contributed by atoms with Gasteiger partial charge < -0.3 is 20.7 Å². The maximum atomic E-state index is 13.9. The molecule has 1 aromatic carbocycles. The Morgan fingerprint density at radius 1 is 1.10 bits per heavy atom. The maximum absolute atomic E-state index is 13.9. The van der Waals surface area contributed by atoms with Crippen LogP contribution in [-0.2, 0) is 0 Å². The number of halogens is 3. The first-order valence-corrected chi connectivity index (χ1v) is 10.5. The predicted octanol–water partition coefficient (Wildman–Crippen LogP) is 4.12. The number of anilines is 2. The molecule has 1 fully saturated rings. The first-order valence-electron chi connectivity index (χ1n) is 9.77. The number of nitrogens with zero attached hydrogens (tertiary/aromatic N) is 4. The molecular formula is C21H21Cl2FN6O. The van der Waals surface area contributed by atoms with E-state index in [4.69, 9.17) is 33.7 Å². The van der Waals surface area contributed by atoms with Crippen LogP contribution < -0.4 is 20.7 Å². The van der Waals surface area contributed by atoms with Crippen LogP contribution in [0.25, 0.3) is 11.1 Å². The second-order valence-electron chi connectivity index (χ2n) is 7.13. The summed E-state index contributed by atoms with van der Waals surface area (Å²) in [5.74, 6) is 0.636. The Morgan fingerprint density at radius 3 is 2.48 bits per heavy atom. The number of benzene rings is 1. The molecule has 0 spiro atoms. The van der Waals surface area contributed by atoms with Crippen LogP contribution in [0.1, 0.15) is 18.6 Å². The molecule has 0 bridgehead atoms. The Kier molecular flexibility index (Phi) is 6.41. The zero-order valence-corrected chi connectivity index (χ0v) is 18.3. The lowest BCUT2D eigenvalue weighted by atomic mass is 10.1. The van der Waals surface area contributed by atoms with E-state index in [1.165, 1.54) is 12.1 Å². The minimum Gasteiger partial charge on any atom is -0.482 e. The summed E-state index contributed by atoms with van der Waals surface area (Å²) in [6.45, 7) is 5.26. The van der Waals surface area contributed by atoms with Crippen molar-refractivity contribution in [3.05, 3.63) is 58.2 Å². The fourth-order valence-electron chi connectivity index (χ4n) is 3.37. The van der Waals surface area contributed by atoms with E-state index in [1.807, 2.05) is 0 Å². The summed E-state index contributed by atoms with van der Waals surface area (Å²) in [6, 6.07) is 4.39. The van der Waals surface area contributed by atoms with Crippen molar-refractivity contribution >= 4 is 35.0 Å². The van der Waals surface area contributed by atoms with E-state index >= 15 is 0 Å². The molecule has 4 rings (SSSR count). The lowest BCUT2D eigenvalue weighted by Gasteiger charge is -2.27. The molecule has 3 heterocycles. The summed E-state index contributed by atoms with van der Waals surface area (Å²) in [5, 5.41) is 3.52. The van der Waals surface area contributed by atoms with Gasteiger partial charge in [-0.15, -0.1) is 0 Å². The highest BCUT2D eigenvalue weighted by atomic mass is 35.5. The zero-order chi connectivity index (χ0) is 22.0. The minimum absolute atomic E-state index is 0.0837. The highest BCUT2D eigenvalue weighted by Crippen LogP contribution is 2.36. The molecule has 3 N–H and O–H groups in total. The number of ether oxygens (including phenoxy) is 1. The Balaban J connectivity index is 1.57. The molecule has 1 aliphatic heterocycles. The number of nitrogen functional groups attached to an aromatic ring is 1. The van der Waals surface area contributed by atoms with Crippen LogP contribution in [-0.4, -0.2) is 41.1 Å². The van der Waals surface area contributed by atoms with Gasteiger partial charge in [0.1, 0.15) is 11.9 Å². The van der Waals surface area contributed by atoms with Gasteiger partial charge in [-0.1, -0.05) is 23.2 Å². The number of hydrogen-bond acceptors (Lipinski definition) is 7. The normalized spacial score (nSPS) is 15.0. The first-order chi connectivity index (χ1) is 14.9. The molecule has 7 nitrogen and oxygen atoms in total. The fourth-order valence-corrected chi connectivity index (χ4v) is 4.05. The summed E-state index contributed by atoms with van der Waals surface area (Å²) in [5.41, 5.74) is 7.85. The van der Waals surface area contributed by atoms with Crippen molar-refractivity contribution in [1.29, 1.82) is 0 Å². The minimum atomic E-state index is -0.651. The average molecular weight is 463 g/mol. The van der Waals surface area contributed by atoms with Crippen molar-refractivity contribution in [1.82, 2.24) is 20.3 Å². The standard InChI is InChI=1S/C21H21Cl2FN6O/c1-12(18-15(22)2-3-16(24)19(18)23)31-17-8-13(9-27-20(17)25)14-10-28-21(29-11-14)30-6-4-26-5-7-30/h2-3,8-12,26H,4-7H2,1H3,(H2,25,27)/t12-/m0/s1. The molecule has 2 aromatic heterocycles. The van der Waals surface area contributed by atoms with Crippen molar-refractivity contribution in [2.45, 2.75) is 13.0 Å². The van der Waals surface area contributed by atoms with Gasteiger partial charge in [-0.3, -0.25) is 0 Å². The fraction of sp³-hybridized carbons (Fsp3) is 0.286. The molecule has 1 aliphatic rings. The van der Waals surface area contributed by atoms with Crippen LogP contribution in [0, 0.1) is 5.82 Å². The van der Waals surface area contributed by atoms with Crippen LogP contribution in [0.2, 0.25) is 10.0 Å². The Bertz CT molecular complexity index is 1080. The van der Waals surface area contributed by atoms with Gasteiger partial charge in [0.2, 0.25) is 5.95 Å². The van der Waals surface area contributed by atoms with Crippen molar-refractivity contribution in [2.75, 3.05) is 36.8 Å². The predicted molar refractivity (Wildman–Crippen MR) is 120 cm³/mol. The Hall–Kier alpha value is -2.68. The third-order valence-corrected chi connectivity index (χ3v) is 5.76. The third kappa shape index (κ3) is 4.66. The van der Waals surface area contributed by atoms with Gasteiger partial charge in [-0.2, -0.15) is 0 Å². The van der Waals surface area contributed by atoms with E-state index in [-0.39, 0.29) is 10.8 Å². The van der Waals surface area contributed by atoms with Crippen LogP contribution in [0.3, 0.4) is 0 Å². The van der Waals surface area contributed by atoms with Gasteiger partial charge in [0, 0.05) is 66.5 Å². The number of piperazine rings is 1. The molecule has 3 aromatic rings. The molecule has 10 heteroatoms. The number of aromatic nitrogens is 3. The van der Waals surface area contributed by atoms with Crippen molar-refractivity contribution in [2.24, 2.45) is 0 Å². The van der Waals surface area contributed by atoms with E-state index in [2.05, 4.69) is 25.2 Å². The highest BCUT2D eigenvalue weighted by molar-refractivity contribution is 6.36. The van der Waals surface area contributed by atoms with Gasteiger partial charge >= 0.3 is 0 Å². The van der Waals surface area contributed by atoms with Crippen molar-refractivity contribution in [3.63, 3.8) is 0 Å². The maximum Gasteiger partial charge on any atom is 0.225 e. The van der Waals surface area contributed by atoms with Crippen molar-refractivity contribution < 1.29 is 9.13 Å². The van der Waals surface area contributed by atoms with Crippen LogP contribution in [0.4, 0.5) is 16.2 Å². The molecule has 0 aliphatic carbocycles. The number of nitrogens with one attached hydrogen (secondary N) is 1. The van der Waals surface area contributed by atoms with Gasteiger partial charge in [-0.05, 0) is 25.1 Å². The van der Waals surface area contributed by atoms with E-state index in [1.54, 1.807) is 31.6 Å². The largest absolute Gasteiger partial charge is 0.482 e. The Morgan fingerprint density at radius 2 is 1.77 bits per heavy atom. The number of hydrogen-bond donors (Lipinski definition) is 2. The topological polar surface area (TPSA) is 89.2 Å². The molecule has 162 valence electrons. The van der Waals surface area contributed by atoms with E-state index in [0.717, 1.165) is 37.3 Å². The summed E-state index contributed by atoms with van der Waals surface area (Å²) in [7, 11) is 0. The summed E-state index contributed by atoms with van der Waals surface area (Å²) < 4.78 is 19.8. The third-order valence-electron chi connectivity index (χ3n) is 5.04. The number of nitrogens with two attached hydrogens (primary N) is 1. The average Bonchev–Trinajstić information content (AvgIpc) is 2.79. The first kappa shape index (κ1) is 21.5. The van der Waals surface area contributed by atoms with Gasteiger partial charge in [-0.25, -0.2) is 19.3 Å². The van der Waals surface area contributed by atoms with Gasteiger partial charge in [0.15, 0.2) is 11.6 Å². The zero-order valence-electron chi connectivity index (χ0n) is 16.8. The molecule has 31 heavy (non-hydrogen) atoms. The molecule has 0 amide bonds. The second-order valence-corrected chi connectivity index (χ2v) is 7.92. The van der Waals surface area contributed by atoms with Crippen molar-refractivity contribution in [3.8, 4) is 16.9 Å². The van der Waals surface area contributed by atoms with Crippen LogP contribution >= 0.6 is 23.2 Å². The molecular weight excluding hydrogens is 442 g/mol. The van der Waals surface area contributed by atoms with Gasteiger partial charge in [0.05, 0.1) is 5.02 Å². The number of pyridine rings is 1.